The van der Waals surface area contributed by atoms with E-state index in [9.17, 15) is 4.79 Å². The van der Waals surface area contributed by atoms with Crippen molar-refractivity contribution in [2.45, 2.75) is 6.42 Å². The third-order valence-electron chi connectivity index (χ3n) is 5.49. The van der Waals surface area contributed by atoms with Crippen molar-refractivity contribution in [1.29, 1.82) is 0 Å². The quantitative estimate of drug-likeness (QED) is 0.484. The van der Waals surface area contributed by atoms with Crippen molar-refractivity contribution in [2.24, 2.45) is 5.92 Å². The first kappa shape index (κ1) is 20.1. The molecule has 32 heavy (non-hydrogen) atoms. The average molecular weight is 429 g/mol. The molecule has 1 aromatic carbocycles. The molecular weight excluding hydrogens is 406 g/mol. The molecule has 4 aromatic rings. The molecule has 3 aromatic heterocycles. The molecule has 1 saturated heterocycles. The molecule has 5 rings (SSSR count). The molecule has 0 spiro atoms. The molecule has 162 valence electrons. The Labute approximate surface area is 185 Å². The number of carbonyl (C=O) groups is 1. The Balaban J connectivity index is 1.31. The minimum absolute atomic E-state index is 0.0394. The lowest BCUT2D eigenvalue weighted by atomic mass is 9.99. The van der Waals surface area contributed by atoms with E-state index in [0.29, 0.717) is 37.6 Å². The van der Waals surface area contributed by atoms with Crippen LogP contribution in [0.15, 0.2) is 73.3 Å². The van der Waals surface area contributed by atoms with E-state index in [-0.39, 0.29) is 17.8 Å². The van der Waals surface area contributed by atoms with E-state index in [1.807, 2.05) is 27.7 Å². The van der Waals surface area contributed by atoms with Crippen molar-refractivity contribution >= 4 is 11.4 Å². The standard InChI is InChI=1S/C24H23N5O3/c30-23(20-4-1-6-21(15-20)32-24-25-8-3-9-26-24)28-12-13-31-17-18(16-28)14-19-5-2-11-29-22(19)7-10-27-29/h1-11,15,18H,12-14,16-17H2/t18-/m0/s1. The summed E-state index contributed by atoms with van der Waals surface area (Å²) in [6.07, 6.45) is 7.77. The Morgan fingerprint density at radius 1 is 1.09 bits per heavy atom. The van der Waals surface area contributed by atoms with Crippen LogP contribution >= 0.6 is 0 Å². The van der Waals surface area contributed by atoms with Gasteiger partial charge >= 0.3 is 6.01 Å². The van der Waals surface area contributed by atoms with Crippen LogP contribution in [0.2, 0.25) is 0 Å². The lowest BCUT2D eigenvalue weighted by Gasteiger charge is -2.24. The number of benzene rings is 1. The van der Waals surface area contributed by atoms with Crippen molar-refractivity contribution in [1.82, 2.24) is 24.5 Å². The Kier molecular flexibility index (Phi) is 5.76. The van der Waals surface area contributed by atoms with Crippen LogP contribution in [-0.2, 0) is 11.2 Å². The highest BCUT2D eigenvalue weighted by Gasteiger charge is 2.24. The lowest BCUT2D eigenvalue weighted by molar-refractivity contribution is 0.0737. The minimum atomic E-state index is -0.0394. The number of hydrogen-bond acceptors (Lipinski definition) is 6. The summed E-state index contributed by atoms with van der Waals surface area (Å²) in [5.74, 6) is 0.680. The van der Waals surface area contributed by atoms with Crippen LogP contribution in [0.5, 0.6) is 11.8 Å². The number of rotatable bonds is 5. The Morgan fingerprint density at radius 3 is 2.91 bits per heavy atom. The fourth-order valence-electron chi connectivity index (χ4n) is 4.00. The zero-order chi connectivity index (χ0) is 21.8. The molecule has 8 nitrogen and oxygen atoms in total. The summed E-state index contributed by atoms with van der Waals surface area (Å²) in [7, 11) is 0. The second kappa shape index (κ2) is 9.15. The largest absolute Gasteiger partial charge is 0.424 e. The number of ether oxygens (including phenoxy) is 2. The molecule has 0 unspecified atom stereocenters. The molecule has 4 heterocycles. The molecular formula is C24H23N5O3. The number of aromatic nitrogens is 4. The van der Waals surface area contributed by atoms with Gasteiger partial charge in [0.2, 0.25) is 0 Å². The van der Waals surface area contributed by atoms with Gasteiger partial charge in [0.15, 0.2) is 0 Å². The zero-order valence-electron chi connectivity index (χ0n) is 17.5. The van der Waals surface area contributed by atoms with E-state index in [1.165, 1.54) is 5.56 Å². The number of amides is 1. The van der Waals surface area contributed by atoms with E-state index in [4.69, 9.17) is 9.47 Å². The summed E-state index contributed by atoms with van der Waals surface area (Å²) in [5.41, 5.74) is 2.85. The van der Waals surface area contributed by atoms with Crippen molar-refractivity contribution in [3.05, 3.63) is 84.4 Å². The van der Waals surface area contributed by atoms with E-state index in [1.54, 1.807) is 48.9 Å². The molecule has 1 atom stereocenters. The van der Waals surface area contributed by atoms with Crippen LogP contribution < -0.4 is 4.74 Å². The second-order valence-corrected chi connectivity index (χ2v) is 7.75. The van der Waals surface area contributed by atoms with Gasteiger partial charge in [-0.05, 0) is 48.4 Å². The van der Waals surface area contributed by atoms with E-state index in [0.717, 1.165) is 11.9 Å². The molecule has 1 amide bonds. The molecule has 0 radical (unpaired) electrons. The smallest absolute Gasteiger partial charge is 0.321 e. The predicted molar refractivity (Wildman–Crippen MR) is 118 cm³/mol. The van der Waals surface area contributed by atoms with Gasteiger partial charge in [-0.2, -0.15) is 5.10 Å². The van der Waals surface area contributed by atoms with Crippen LogP contribution in [0, 0.1) is 5.92 Å². The summed E-state index contributed by atoms with van der Waals surface area (Å²) >= 11 is 0. The van der Waals surface area contributed by atoms with Crippen molar-refractivity contribution in [3.8, 4) is 11.8 Å². The Hall–Kier alpha value is -3.78. The minimum Gasteiger partial charge on any atom is -0.424 e. The fourth-order valence-corrected chi connectivity index (χ4v) is 4.00. The number of carbonyl (C=O) groups excluding carboxylic acids is 1. The summed E-state index contributed by atoms with van der Waals surface area (Å²) < 4.78 is 13.4. The topological polar surface area (TPSA) is 81.8 Å². The van der Waals surface area contributed by atoms with Crippen LogP contribution in [0.25, 0.3) is 5.52 Å². The zero-order valence-corrected chi connectivity index (χ0v) is 17.5. The van der Waals surface area contributed by atoms with Gasteiger partial charge in [0, 0.05) is 49.4 Å². The SMILES string of the molecule is O=C(c1cccc(Oc2ncccn2)c1)N1CCOC[C@@H](Cc2cccn3nccc23)C1. The molecule has 1 fully saturated rings. The van der Waals surface area contributed by atoms with Gasteiger partial charge < -0.3 is 14.4 Å². The maximum atomic E-state index is 13.3. The number of nitrogens with zero attached hydrogens (tertiary/aromatic N) is 5. The van der Waals surface area contributed by atoms with Crippen LogP contribution in [-0.4, -0.2) is 56.7 Å². The maximum Gasteiger partial charge on any atom is 0.321 e. The molecule has 0 saturated carbocycles. The van der Waals surface area contributed by atoms with Gasteiger partial charge in [-0.25, -0.2) is 14.5 Å². The number of hydrogen-bond donors (Lipinski definition) is 0. The van der Waals surface area contributed by atoms with Crippen LogP contribution in [0.1, 0.15) is 15.9 Å². The van der Waals surface area contributed by atoms with Crippen molar-refractivity contribution in [2.75, 3.05) is 26.3 Å². The molecule has 0 N–H and O–H groups in total. The highest BCUT2D eigenvalue weighted by atomic mass is 16.5. The first-order valence-corrected chi connectivity index (χ1v) is 10.6. The average Bonchev–Trinajstić information content (AvgIpc) is 3.19. The Morgan fingerprint density at radius 2 is 2.00 bits per heavy atom. The van der Waals surface area contributed by atoms with E-state index >= 15 is 0 Å². The number of pyridine rings is 1. The van der Waals surface area contributed by atoms with Crippen molar-refractivity contribution in [3.63, 3.8) is 0 Å². The van der Waals surface area contributed by atoms with Gasteiger partial charge in [-0.15, -0.1) is 0 Å². The highest BCUT2D eigenvalue weighted by Crippen LogP contribution is 2.22. The Bertz CT molecular complexity index is 1210. The van der Waals surface area contributed by atoms with Gasteiger partial charge in [0.25, 0.3) is 5.91 Å². The van der Waals surface area contributed by atoms with Gasteiger partial charge in [0.1, 0.15) is 5.75 Å². The lowest BCUT2D eigenvalue weighted by Crippen LogP contribution is -2.36. The van der Waals surface area contributed by atoms with Gasteiger partial charge in [-0.1, -0.05) is 12.1 Å². The summed E-state index contributed by atoms with van der Waals surface area (Å²) in [4.78, 5) is 23.3. The molecule has 1 aliphatic rings. The molecule has 0 bridgehead atoms. The van der Waals surface area contributed by atoms with Crippen molar-refractivity contribution < 1.29 is 14.3 Å². The highest BCUT2D eigenvalue weighted by molar-refractivity contribution is 5.94. The van der Waals surface area contributed by atoms with E-state index < -0.39 is 0 Å². The summed E-state index contributed by atoms with van der Waals surface area (Å²) in [6, 6.07) is 15.2. The summed E-state index contributed by atoms with van der Waals surface area (Å²) in [5, 5.41) is 4.31. The summed E-state index contributed by atoms with van der Waals surface area (Å²) in [6.45, 7) is 2.32. The molecule has 8 heteroatoms. The number of fused-ring (bicyclic) bond motifs is 1. The molecule has 0 aliphatic carbocycles. The second-order valence-electron chi connectivity index (χ2n) is 7.75. The predicted octanol–water partition coefficient (Wildman–Crippen LogP) is 3.25. The third kappa shape index (κ3) is 4.45. The molecule has 1 aliphatic heterocycles. The third-order valence-corrected chi connectivity index (χ3v) is 5.49. The first-order chi connectivity index (χ1) is 15.8. The monoisotopic (exact) mass is 429 g/mol. The van der Waals surface area contributed by atoms with Crippen LogP contribution in [0.4, 0.5) is 0 Å². The van der Waals surface area contributed by atoms with Crippen LogP contribution in [0.3, 0.4) is 0 Å². The maximum absolute atomic E-state index is 13.3. The first-order valence-electron chi connectivity index (χ1n) is 10.6. The van der Waals surface area contributed by atoms with E-state index in [2.05, 4.69) is 21.1 Å². The fraction of sp³-hybridized carbons (Fsp3) is 0.250. The van der Waals surface area contributed by atoms with Gasteiger partial charge in [0.05, 0.1) is 18.7 Å². The normalized spacial score (nSPS) is 16.6. The van der Waals surface area contributed by atoms with Gasteiger partial charge in [-0.3, -0.25) is 4.79 Å².